The number of anilines is 1. The molecule has 2 aromatic heterocycles. The number of hydrogen-bond acceptors (Lipinski definition) is 6. The van der Waals surface area contributed by atoms with Crippen LogP contribution in [0.15, 0.2) is 35.5 Å². The molecule has 0 saturated heterocycles. The molecule has 3 aromatic rings. The van der Waals surface area contributed by atoms with Crippen molar-refractivity contribution in [3.63, 3.8) is 0 Å². The molecule has 1 aliphatic rings. The first-order valence-electron chi connectivity index (χ1n) is 6.79. The smallest absolute Gasteiger partial charge is 0.207 e. The van der Waals surface area contributed by atoms with Gasteiger partial charge in [-0.2, -0.15) is 15.3 Å². The number of aromatic amines is 1. The molecule has 2 atom stereocenters. The Bertz CT molecular complexity index is 771. The zero-order valence-corrected chi connectivity index (χ0v) is 12.3. The Hall–Kier alpha value is -2.15. The van der Waals surface area contributed by atoms with Gasteiger partial charge in [-0.1, -0.05) is 42.1 Å². The first-order chi connectivity index (χ1) is 10.3. The maximum absolute atomic E-state index is 4.52. The number of aromatic nitrogens is 5. The van der Waals surface area contributed by atoms with Crippen LogP contribution < -0.4 is 5.32 Å². The van der Waals surface area contributed by atoms with Crippen molar-refractivity contribution < 1.29 is 0 Å². The number of benzene rings is 1. The molecule has 0 radical (unpaired) electrons. The van der Waals surface area contributed by atoms with E-state index in [2.05, 4.69) is 55.0 Å². The van der Waals surface area contributed by atoms with Crippen LogP contribution in [0.2, 0.25) is 0 Å². The first kappa shape index (κ1) is 12.6. The van der Waals surface area contributed by atoms with E-state index < -0.39 is 0 Å². The van der Waals surface area contributed by atoms with Gasteiger partial charge in [0.25, 0.3) is 0 Å². The van der Waals surface area contributed by atoms with Crippen molar-refractivity contribution >= 4 is 28.7 Å². The lowest BCUT2D eigenvalue weighted by atomic mass is 10.1. The van der Waals surface area contributed by atoms with Crippen molar-refractivity contribution in [2.75, 3.05) is 11.6 Å². The average Bonchev–Trinajstić information content (AvgIpc) is 3.12. The Morgan fingerprint density at radius 1 is 1.19 bits per heavy atom. The minimum atomic E-state index is 0.400. The number of nitrogens with zero attached hydrogens (tertiary/aromatic N) is 4. The van der Waals surface area contributed by atoms with Gasteiger partial charge in [-0.15, -0.1) is 5.10 Å². The highest BCUT2D eigenvalue weighted by molar-refractivity contribution is 7.98. The highest BCUT2D eigenvalue weighted by Gasteiger charge is 2.39. The SMILES string of the molecule is CSc1nc(NC2CC2c2ccccc2)c2n[nH]nc2n1. The predicted molar refractivity (Wildman–Crippen MR) is 82.5 cm³/mol. The second-order valence-electron chi connectivity index (χ2n) is 5.06. The summed E-state index contributed by atoms with van der Waals surface area (Å²) < 4.78 is 0. The molecule has 106 valence electrons. The topological polar surface area (TPSA) is 79.4 Å². The van der Waals surface area contributed by atoms with Gasteiger partial charge in [-0.25, -0.2) is 4.98 Å². The Morgan fingerprint density at radius 3 is 2.86 bits per heavy atom. The molecule has 2 unspecified atom stereocenters. The largest absolute Gasteiger partial charge is 0.365 e. The van der Waals surface area contributed by atoms with Crippen LogP contribution in [-0.2, 0) is 0 Å². The second-order valence-corrected chi connectivity index (χ2v) is 5.83. The summed E-state index contributed by atoms with van der Waals surface area (Å²) in [5.41, 5.74) is 2.67. The number of hydrogen-bond donors (Lipinski definition) is 2. The summed E-state index contributed by atoms with van der Waals surface area (Å²) in [6.07, 6.45) is 3.07. The Balaban J connectivity index is 1.60. The number of fused-ring (bicyclic) bond motifs is 1. The van der Waals surface area contributed by atoms with Gasteiger partial charge in [0.2, 0.25) is 5.65 Å². The molecule has 0 aliphatic heterocycles. The zero-order valence-electron chi connectivity index (χ0n) is 11.4. The summed E-state index contributed by atoms with van der Waals surface area (Å²) in [5.74, 6) is 1.31. The molecule has 7 heteroatoms. The third-order valence-electron chi connectivity index (χ3n) is 3.69. The van der Waals surface area contributed by atoms with Crippen LogP contribution >= 0.6 is 11.8 Å². The number of H-pyrrole nitrogens is 1. The Labute approximate surface area is 125 Å². The summed E-state index contributed by atoms with van der Waals surface area (Å²) >= 11 is 1.50. The predicted octanol–water partition coefficient (Wildman–Crippen LogP) is 2.44. The Morgan fingerprint density at radius 2 is 2.05 bits per heavy atom. The van der Waals surface area contributed by atoms with E-state index >= 15 is 0 Å². The highest BCUT2D eigenvalue weighted by atomic mass is 32.2. The molecule has 0 spiro atoms. The summed E-state index contributed by atoms with van der Waals surface area (Å²) in [7, 11) is 0. The first-order valence-corrected chi connectivity index (χ1v) is 8.01. The minimum Gasteiger partial charge on any atom is -0.365 e. The van der Waals surface area contributed by atoms with E-state index in [1.54, 1.807) is 0 Å². The van der Waals surface area contributed by atoms with Gasteiger partial charge in [0.05, 0.1) is 0 Å². The number of thioether (sulfide) groups is 1. The fourth-order valence-corrected chi connectivity index (χ4v) is 2.88. The lowest BCUT2D eigenvalue weighted by Gasteiger charge is -2.06. The molecule has 4 rings (SSSR count). The van der Waals surface area contributed by atoms with Gasteiger partial charge in [0.1, 0.15) is 0 Å². The van der Waals surface area contributed by atoms with E-state index in [1.165, 1.54) is 17.3 Å². The van der Waals surface area contributed by atoms with Gasteiger partial charge in [-0.3, -0.25) is 0 Å². The summed E-state index contributed by atoms with van der Waals surface area (Å²) in [4.78, 5) is 8.84. The number of rotatable bonds is 4. The lowest BCUT2D eigenvalue weighted by molar-refractivity contribution is 0.946. The molecular weight excluding hydrogens is 284 g/mol. The van der Waals surface area contributed by atoms with Gasteiger partial charge < -0.3 is 5.32 Å². The van der Waals surface area contributed by atoms with Crippen LogP contribution in [0.4, 0.5) is 5.82 Å². The van der Waals surface area contributed by atoms with Crippen molar-refractivity contribution in [3.05, 3.63) is 35.9 Å². The van der Waals surface area contributed by atoms with Crippen LogP contribution in [0.1, 0.15) is 17.9 Å². The van der Waals surface area contributed by atoms with Crippen molar-refractivity contribution in [1.82, 2.24) is 25.4 Å². The molecule has 1 saturated carbocycles. The third-order valence-corrected chi connectivity index (χ3v) is 4.23. The van der Waals surface area contributed by atoms with Crippen LogP contribution in [-0.4, -0.2) is 37.7 Å². The van der Waals surface area contributed by atoms with E-state index in [0.717, 1.165) is 12.2 Å². The van der Waals surface area contributed by atoms with Crippen LogP contribution in [0.25, 0.3) is 11.2 Å². The quantitative estimate of drug-likeness (QED) is 0.569. The maximum Gasteiger partial charge on any atom is 0.207 e. The maximum atomic E-state index is 4.52. The molecule has 6 nitrogen and oxygen atoms in total. The standard InChI is InChI=1S/C14H14N6S/c1-21-14-16-12(11-13(17-14)19-20-18-11)15-10-7-9(10)8-5-3-2-4-6-8/h2-6,9-10H,7H2,1H3,(H2,15,16,17,18,19,20). The summed E-state index contributed by atoms with van der Waals surface area (Å²) in [5, 5.41) is 15.0. The third kappa shape index (κ3) is 2.33. The van der Waals surface area contributed by atoms with Gasteiger partial charge in [0, 0.05) is 12.0 Å². The molecule has 1 aromatic carbocycles. The van der Waals surface area contributed by atoms with E-state index in [-0.39, 0.29) is 0 Å². The van der Waals surface area contributed by atoms with Crippen molar-refractivity contribution in [3.8, 4) is 0 Å². The van der Waals surface area contributed by atoms with Crippen molar-refractivity contribution in [2.45, 2.75) is 23.5 Å². The average molecular weight is 298 g/mol. The monoisotopic (exact) mass is 298 g/mol. The van der Waals surface area contributed by atoms with Gasteiger partial charge in [-0.05, 0) is 18.2 Å². The van der Waals surface area contributed by atoms with Crippen molar-refractivity contribution in [2.24, 2.45) is 0 Å². The van der Waals surface area contributed by atoms with E-state index in [0.29, 0.717) is 28.3 Å². The zero-order chi connectivity index (χ0) is 14.2. The van der Waals surface area contributed by atoms with Gasteiger partial charge >= 0.3 is 0 Å². The second kappa shape index (κ2) is 5.00. The number of nitrogens with one attached hydrogen (secondary N) is 2. The van der Waals surface area contributed by atoms with E-state index in [4.69, 9.17) is 0 Å². The Kier molecular flexibility index (Phi) is 2.99. The molecule has 0 bridgehead atoms. The summed E-state index contributed by atoms with van der Waals surface area (Å²) in [6.45, 7) is 0. The van der Waals surface area contributed by atoms with Crippen LogP contribution in [0.5, 0.6) is 0 Å². The van der Waals surface area contributed by atoms with E-state index in [1.807, 2.05) is 12.3 Å². The molecule has 21 heavy (non-hydrogen) atoms. The fourth-order valence-electron chi connectivity index (χ4n) is 2.52. The highest BCUT2D eigenvalue weighted by Crippen LogP contribution is 2.43. The lowest BCUT2D eigenvalue weighted by Crippen LogP contribution is -2.07. The molecule has 2 N–H and O–H groups in total. The van der Waals surface area contributed by atoms with Crippen LogP contribution in [0, 0.1) is 0 Å². The molecule has 0 amide bonds. The normalized spacial score (nSPS) is 20.6. The summed E-state index contributed by atoms with van der Waals surface area (Å²) in [6, 6.07) is 10.9. The van der Waals surface area contributed by atoms with E-state index in [9.17, 15) is 0 Å². The van der Waals surface area contributed by atoms with Crippen molar-refractivity contribution in [1.29, 1.82) is 0 Å². The minimum absolute atomic E-state index is 0.400. The molecule has 1 fully saturated rings. The fraction of sp³-hybridized carbons (Fsp3) is 0.286. The van der Waals surface area contributed by atoms with Crippen LogP contribution in [0.3, 0.4) is 0 Å². The molecular formula is C14H14N6S. The molecule has 1 aliphatic carbocycles. The molecule has 2 heterocycles. The van der Waals surface area contributed by atoms with Gasteiger partial charge in [0.15, 0.2) is 16.5 Å².